The van der Waals surface area contributed by atoms with Crippen LogP contribution in [0.1, 0.15) is 0 Å². The molecule has 2 nitrogen and oxygen atoms in total. The number of nitrogens with zero attached hydrogens (tertiary/aromatic N) is 2. The predicted molar refractivity (Wildman–Crippen MR) is 257 cm³/mol. The van der Waals surface area contributed by atoms with Gasteiger partial charge in [-0.05, 0) is 88.3 Å². The quantitative estimate of drug-likeness (QED) is 0.147. The van der Waals surface area contributed by atoms with Crippen LogP contribution in [0.2, 0.25) is 0 Å². The summed E-state index contributed by atoms with van der Waals surface area (Å²) < 4.78 is 5.02. The van der Waals surface area contributed by atoms with E-state index in [1.165, 1.54) is 86.4 Å². The second-order valence-electron chi connectivity index (χ2n) is 14.6. The number of allylic oxidation sites excluding steroid dienone is 2. The Morgan fingerprint density at radius 1 is 0.424 bits per heavy atom. The average Bonchev–Trinajstić information content (AvgIpc) is 3.85. The number of rotatable bonds is 7. The standard InChI is InChI=1S/C52H34N2S.C4H6/c1-3-15-39(16-4-1)53(48-24-11-14-36-13-7-8-19-42(36)48)41-29-25-35(26-30-41)37-27-32-46-47-22-12-21-43(52(47)55-51(46)34-37)38-28-31-45-44-20-9-10-23-49(44)54(50(45)33-38)40-17-5-2-6-18-40;1-3-4-2/h1-34H;3-4H,1-2H2. The molecule has 0 bridgehead atoms. The van der Waals surface area contributed by atoms with Gasteiger partial charge in [-0.3, -0.25) is 0 Å². The summed E-state index contributed by atoms with van der Waals surface area (Å²) in [6, 6.07) is 75.0. The molecule has 280 valence electrons. The molecule has 0 atom stereocenters. The Balaban J connectivity index is 0.00000101. The largest absolute Gasteiger partial charge is 0.310 e. The molecule has 0 amide bonds. The highest BCUT2D eigenvalue weighted by Gasteiger charge is 2.18. The van der Waals surface area contributed by atoms with E-state index in [4.69, 9.17) is 0 Å². The van der Waals surface area contributed by atoms with Crippen LogP contribution in [0.5, 0.6) is 0 Å². The zero-order valence-electron chi connectivity index (χ0n) is 32.5. The lowest BCUT2D eigenvalue weighted by Gasteiger charge is -2.27. The number of benzene rings is 9. The van der Waals surface area contributed by atoms with Crippen molar-refractivity contribution in [3.05, 3.63) is 232 Å². The third kappa shape index (κ3) is 6.48. The van der Waals surface area contributed by atoms with Crippen LogP contribution < -0.4 is 4.90 Å². The molecule has 9 aromatic carbocycles. The first-order valence-corrected chi connectivity index (χ1v) is 20.7. The third-order valence-electron chi connectivity index (χ3n) is 11.1. The Kier molecular flexibility index (Phi) is 9.42. The summed E-state index contributed by atoms with van der Waals surface area (Å²) in [5.74, 6) is 0. The van der Waals surface area contributed by atoms with Crippen LogP contribution in [-0.2, 0) is 0 Å². The molecule has 0 spiro atoms. The number of anilines is 3. The van der Waals surface area contributed by atoms with E-state index in [0.717, 1.165) is 11.4 Å². The maximum atomic E-state index is 3.36. The molecule has 0 saturated carbocycles. The van der Waals surface area contributed by atoms with Crippen molar-refractivity contribution in [2.45, 2.75) is 0 Å². The normalized spacial score (nSPS) is 11.2. The van der Waals surface area contributed by atoms with Crippen molar-refractivity contribution in [2.24, 2.45) is 0 Å². The lowest BCUT2D eigenvalue weighted by atomic mass is 10.00. The van der Waals surface area contributed by atoms with Gasteiger partial charge in [-0.2, -0.15) is 0 Å². The van der Waals surface area contributed by atoms with Gasteiger partial charge >= 0.3 is 0 Å². The fourth-order valence-electron chi connectivity index (χ4n) is 8.41. The number of para-hydroxylation sites is 3. The van der Waals surface area contributed by atoms with Gasteiger partial charge in [0.2, 0.25) is 0 Å². The second kappa shape index (κ2) is 15.5. The van der Waals surface area contributed by atoms with E-state index in [2.05, 4.69) is 229 Å². The summed E-state index contributed by atoms with van der Waals surface area (Å²) in [6.07, 6.45) is 3.28. The summed E-state index contributed by atoms with van der Waals surface area (Å²) in [7, 11) is 0. The summed E-state index contributed by atoms with van der Waals surface area (Å²) in [4.78, 5) is 2.36. The van der Waals surface area contributed by atoms with Gasteiger partial charge in [0.1, 0.15) is 0 Å². The van der Waals surface area contributed by atoms with E-state index in [1.807, 2.05) is 11.3 Å². The lowest BCUT2D eigenvalue weighted by molar-refractivity contribution is 1.18. The number of aromatic nitrogens is 1. The molecule has 0 N–H and O–H groups in total. The molecule has 2 aromatic heterocycles. The van der Waals surface area contributed by atoms with Gasteiger partial charge in [-0.1, -0.05) is 171 Å². The van der Waals surface area contributed by atoms with Crippen molar-refractivity contribution < 1.29 is 0 Å². The van der Waals surface area contributed by atoms with Crippen molar-refractivity contribution in [2.75, 3.05) is 4.90 Å². The molecule has 0 aliphatic heterocycles. The van der Waals surface area contributed by atoms with Gasteiger partial charge in [-0.15, -0.1) is 11.3 Å². The van der Waals surface area contributed by atoms with E-state index in [1.54, 1.807) is 12.2 Å². The van der Waals surface area contributed by atoms with E-state index in [-0.39, 0.29) is 0 Å². The molecular weight excluding hydrogens is 733 g/mol. The highest BCUT2D eigenvalue weighted by atomic mass is 32.1. The van der Waals surface area contributed by atoms with Crippen molar-refractivity contribution >= 4 is 81.1 Å². The minimum Gasteiger partial charge on any atom is -0.310 e. The molecule has 2 heterocycles. The first-order chi connectivity index (χ1) is 29.2. The molecule has 0 aliphatic carbocycles. The minimum absolute atomic E-state index is 1.13. The van der Waals surface area contributed by atoms with Crippen molar-refractivity contribution in [1.82, 2.24) is 4.57 Å². The van der Waals surface area contributed by atoms with E-state index >= 15 is 0 Å². The van der Waals surface area contributed by atoms with Crippen LogP contribution in [0.15, 0.2) is 232 Å². The SMILES string of the molecule is C=CC=C.c1ccc(N(c2ccc(-c3ccc4c(c3)sc3c(-c5ccc6c7ccccc7n(-c7ccccc7)c6c5)cccc34)cc2)c2cccc3ccccc23)cc1. The minimum atomic E-state index is 1.13. The predicted octanol–water partition coefficient (Wildman–Crippen LogP) is 16.5. The summed E-state index contributed by atoms with van der Waals surface area (Å²) >= 11 is 1.89. The molecule has 11 aromatic rings. The second-order valence-corrected chi connectivity index (χ2v) is 15.7. The van der Waals surface area contributed by atoms with Gasteiger partial charge in [0, 0.05) is 53.4 Å². The van der Waals surface area contributed by atoms with Crippen molar-refractivity contribution in [3.63, 3.8) is 0 Å². The van der Waals surface area contributed by atoms with Crippen LogP contribution in [0, 0.1) is 0 Å². The Labute approximate surface area is 348 Å². The van der Waals surface area contributed by atoms with Crippen LogP contribution in [0.25, 0.3) is 80.7 Å². The molecule has 0 radical (unpaired) electrons. The molecule has 0 fully saturated rings. The summed E-state index contributed by atoms with van der Waals surface area (Å²) in [6.45, 7) is 6.72. The lowest BCUT2D eigenvalue weighted by Crippen LogP contribution is -2.10. The highest BCUT2D eigenvalue weighted by Crippen LogP contribution is 2.44. The van der Waals surface area contributed by atoms with Crippen LogP contribution in [0.4, 0.5) is 17.1 Å². The zero-order chi connectivity index (χ0) is 39.7. The van der Waals surface area contributed by atoms with Gasteiger partial charge in [0.05, 0.1) is 16.7 Å². The Morgan fingerprint density at radius 2 is 1.02 bits per heavy atom. The maximum absolute atomic E-state index is 3.36. The summed E-state index contributed by atoms with van der Waals surface area (Å²) in [5.41, 5.74) is 12.0. The van der Waals surface area contributed by atoms with E-state index in [9.17, 15) is 0 Å². The zero-order valence-corrected chi connectivity index (χ0v) is 33.3. The molecule has 0 aliphatic rings. The number of hydrogen-bond acceptors (Lipinski definition) is 2. The van der Waals surface area contributed by atoms with Crippen LogP contribution in [0.3, 0.4) is 0 Å². The van der Waals surface area contributed by atoms with Gasteiger partial charge in [-0.25, -0.2) is 0 Å². The smallest absolute Gasteiger partial charge is 0.0547 e. The molecule has 59 heavy (non-hydrogen) atoms. The van der Waals surface area contributed by atoms with E-state index in [0.29, 0.717) is 0 Å². The van der Waals surface area contributed by atoms with Gasteiger partial charge in [0.25, 0.3) is 0 Å². The van der Waals surface area contributed by atoms with Crippen LogP contribution >= 0.6 is 11.3 Å². The Hall–Kier alpha value is -7.46. The summed E-state index contributed by atoms with van der Waals surface area (Å²) in [5, 5.41) is 7.60. The number of thiophene rings is 1. The van der Waals surface area contributed by atoms with Gasteiger partial charge < -0.3 is 9.47 Å². The molecule has 3 heteroatoms. The van der Waals surface area contributed by atoms with E-state index < -0.39 is 0 Å². The number of fused-ring (bicyclic) bond motifs is 7. The van der Waals surface area contributed by atoms with Gasteiger partial charge in [0.15, 0.2) is 0 Å². The van der Waals surface area contributed by atoms with Crippen LogP contribution in [-0.4, -0.2) is 4.57 Å². The fraction of sp³-hybridized carbons (Fsp3) is 0. The van der Waals surface area contributed by atoms with Crippen molar-refractivity contribution in [1.29, 1.82) is 0 Å². The molecule has 0 saturated heterocycles. The third-order valence-corrected chi connectivity index (χ3v) is 12.3. The molecule has 11 rings (SSSR count). The topological polar surface area (TPSA) is 8.17 Å². The average molecular weight is 773 g/mol. The number of hydrogen-bond donors (Lipinski definition) is 0. The fourth-order valence-corrected chi connectivity index (χ4v) is 9.69. The molecule has 0 unspecified atom stereocenters. The Morgan fingerprint density at radius 3 is 1.81 bits per heavy atom. The Bertz CT molecular complexity index is 3290. The first-order valence-electron chi connectivity index (χ1n) is 19.9. The monoisotopic (exact) mass is 772 g/mol. The van der Waals surface area contributed by atoms with Crippen molar-refractivity contribution in [3.8, 4) is 27.9 Å². The molecular formula is C56H40N2S. The maximum Gasteiger partial charge on any atom is 0.0547 e. The first kappa shape index (κ1) is 35.9. The highest BCUT2D eigenvalue weighted by molar-refractivity contribution is 7.26.